The minimum absolute atomic E-state index is 0.225. The van der Waals surface area contributed by atoms with E-state index in [0.29, 0.717) is 36.2 Å². The number of carbonyl (C=O) groups is 2. The number of nitrogens with one attached hydrogen (secondary N) is 2. The van der Waals surface area contributed by atoms with E-state index >= 15 is 0 Å². The Morgan fingerprint density at radius 3 is 2.22 bits per heavy atom. The van der Waals surface area contributed by atoms with Gasteiger partial charge in [-0.1, -0.05) is 44.2 Å². The fourth-order valence-corrected chi connectivity index (χ4v) is 3.62. The second-order valence-corrected chi connectivity index (χ2v) is 9.31. The van der Waals surface area contributed by atoms with E-state index in [1.165, 1.54) is 0 Å². The average molecular weight is 564 g/mol. The summed E-state index contributed by atoms with van der Waals surface area (Å²) in [5, 5.41) is 46.0. The van der Waals surface area contributed by atoms with Gasteiger partial charge in [0.15, 0.2) is 5.65 Å². The van der Waals surface area contributed by atoms with Crippen LogP contribution in [0.1, 0.15) is 37.8 Å². The Morgan fingerprint density at radius 1 is 1.00 bits per heavy atom. The second-order valence-electron chi connectivity index (χ2n) is 9.31. The standard InChI is InChI=1S/C24H29N7O2.C4H4O4/c1-15(2)19-13-27-31-22(19)29-23(28-21(14-32)16(3)33)30-24(31)26-12-17-7-9-18(10-8-17)20-6-4-5-11-25-20;5-3(6)1-2-4(7)8/h4-11,13,15-16,21,32-33H,12,14H2,1-3H3,(H2,26,28,29,30);1-2H,(H,5,6)(H,7,8)/b;2-1+/t16-,21-;/m1./s1. The first-order chi connectivity index (χ1) is 19.6. The largest absolute Gasteiger partial charge is 0.478 e. The Bertz CT molecular complexity index is 1450. The first kappa shape index (κ1) is 30.7. The number of aliphatic carboxylic acids is 2. The number of rotatable bonds is 11. The quantitative estimate of drug-likeness (QED) is 0.146. The van der Waals surface area contributed by atoms with Gasteiger partial charge in [-0.25, -0.2) is 9.59 Å². The topological polar surface area (TPSA) is 195 Å². The fourth-order valence-electron chi connectivity index (χ4n) is 3.62. The van der Waals surface area contributed by atoms with Gasteiger partial charge in [0, 0.05) is 36.0 Å². The van der Waals surface area contributed by atoms with Crippen LogP contribution in [-0.4, -0.2) is 75.7 Å². The van der Waals surface area contributed by atoms with E-state index in [1.54, 1.807) is 23.8 Å². The van der Waals surface area contributed by atoms with Crippen molar-refractivity contribution in [2.24, 2.45) is 0 Å². The van der Waals surface area contributed by atoms with Crippen molar-refractivity contribution in [1.29, 1.82) is 0 Å². The molecule has 0 bridgehead atoms. The highest BCUT2D eigenvalue weighted by atomic mass is 16.4. The maximum Gasteiger partial charge on any atom is 0.328 e. The van der Waals surface area contributed by atoms with Crippen LogP contribution in [0, 0.1) is 0 Å². The number of aliphatic hydroxyl groups excluding tert-OH is 2. The number of carboxylic acids is 2. The summed E-state index contributed by atoms with van der Waals surface area (Å²) in [5.41, 5.74) is 4.72. The van der Waals surface area contributed by atoms with Gasteiger partial charge in [-0.2, -0.15) is 19.6 Å². The molecule has 0 fully saturated rings. The number of anilines is 2. The monoisotopic (exact) mass is 563 g/mol. The molecule has 0 aliphatic heterocycles. The van der Waals surface area contributed by atoms with Crippen molar-refractivity contribution in [3.8, 4) is 11.3 Å². The van der Waals surface area contributed by atoms with Crippen molar-refractivity contribution < 1.29 is 30.0 Å². The number of benzene rings is 1. The molecular weight excluding hydrogens is 530 g/mol. The Labute approximate surface area is 236 Å². The molecule has 41 heavy (non-hydrogen) atoms. The number of pyridine rings is 1. The van der Waals surface area contributed by atoms with Crippen molar-refractivity contribution in [1.82, 2.24) is 24.6 Å². The highest BCUT2D eigenvalue weighted by Crippen LogP contribution is 2.23. The van der Waals surface area contributed by atoms with E-state index in [-0.39, 0.29) is 12.5 Å². The van der Waals surface area contributed by atoms with E-state index in [4.69, 9.17) is 10.2 Å². The van der Waals surface area contributed by atoms with Gasteiger partial charge >= 0.3 is 11.9 Å². The van der Waals surface area contributed by atoms with E-state index < -0.39 is 24.1 Å². The lowest BCUT2D eigenvalue weighted by molar-refractivity contribution is -0.134. The summed E-state index contributed by atoms with van der Waals surface area (Å²) < 4.78 is 1.68. The minimum Gasteiger partial charge on any atom is -0.478 e. The van der Waals surface area contributed by atoms with Crippen molar-refractivity contribution >= 4 is 29.5 Å². The van der Waals surface area contributed by atoms with Crippen LogP contribution >= 0.6 is 0 Å². The average Bonchev–Trinajstić information content (AvgIpc) is 3.39. The number of hydrogen-bond donors (Lipinski definition) is 6. The van der Waals surface area contributed by atoms with Gasteiger partial charge in [0.1, 0.15) is 0 Å². The molecule has 0 aliphatic carbocycles. The third-order valence-electron chi connectivity index (χ3n) is 5.84. The summed E-state index contributed by atoms with van der Waals surface area (Å²) in [6.07, 6.45) is 3.93. The zero-order valence-corrected chi connectivity index (χ0v) is 22.8. The van der Waals surface area contributed by atoms with Gasteiger partial charge in [0.25, 0.3) is 0 Å². The van der Waals surface area contributed by atoms with Crippen LogP contribution in [0.25, 0.3) is 16.9 Å². The molecule has 0 amide bonds. The maximum atomic E-state index is 9.90. The summed E-state index contributed by atoms with van der Waals surface area (Å²) in [6, 6.07) is 13.5. The van der Waals surface area contributed by atoms with Gasteiger partial charge < -0.3 is 31.1 Å². The first-order valence-corrected chi connectivity index (χ1v) is 12.8. The third kappa shape index (κ3) is 8.81. The lowest BCUT2D eigenvalue weighted by Crippen LogP contribution is -2.35. The number of hydrogen-bond acceptors (Lipinski definition) is 10. The lowest BCUT2D eigenvalue weighted by atomic mass is 10.1. The van der Waals surface area contributed by atoms with Crippen LogP contribution in [-0.2, 0) is 16.1 Å². The van der Waals surface area contributed by atoms with Crippen LogP contribution in [0.5, 0.6) is 0 Å². The number of aromatic nitrogens is 5. The molecule has 4 aromatic rings. The normalized spacial score (nSPS) is 12.5. The summed E-state index contributed by atoms with van der Waals surface area (Å²) in [4.78, 5) is 32.7. The van der Waals surface area contributed by atoms with E-state index in [1.807, 2.05) is 42.5 Å². The zero-order valence-electron chi connectivity index (χ0n) is 22.8. The van der Waals surface area contributed by atoms with Crippen LogP contribution in [0.15, 0.2) is 67.0 Å². The van der Waals surface area contributed by atoms with Crippen LogP contribution < -0.4 is 10.6 Å². The van der Waals surface area contributed by atoms with Crippen molar-refractivity contribution in [3.05, 3.63) is 78.1 Å². The molecule has 3 aromatic heterocycles. The Hall–Kier alpha value is -4.88. The summed E-state index contributed by atoms with van der Waals surface area (Å²) >= 11 is 0. The highest BCUT2D eigenvalue weighted by Gasteiger charge is 2.19. The molecule has 0 spiro atoms. The molecular formula is C28H33N7O6. The van der Waals surface area contributed by atoms with Gasteiger partial charge in [0.05, 0.1) is 30.6 Å². The molecule has 6 N–H and O–H groups in total. The molecule has 13 heteroatoms. The SMILES string of the molecule is CC(C)c1cnn2c(NCc3ccc(-c4ccccn4)cc3)nc(N[C@H](CO)[C@@H](C)O)nc12.O=C(O)/C=C/C(=O)O. The Kier molecular flexibility index (Phi) is 10.8. The molecule has 216 valence electrons. The van der Waals surface area contributed by atoms with E-state index in [0.717, 1.165) is 22.4 Å². The third-order valence-corrected chi connectivity index (χ3v) is 5.84. The van der Waals surface area contributed by atoms with Crippen LogP contribution in [0.2, 0.25) is 0 Å². The van der Waals surface area contributed by atoms with Crippen molar-refractivity contribution in [2.45, 2.75) is 45.4 Å². The molecule has 0 saturated carbocycles. The minimum atomic E-state index is -1.26. The van der Waals surface area contributed by atoms with E-state index in [9.17, 15) is 19.8 Å². The number of carboxylic acid groups (broad SMARTS) is 2. The summed E-state index contributed by atoms with van der Waals surface area (Å²) in [6.45, 7) is 6.06. The Morgan fingerprint density at radius 2 is 1.68 bits per heavy atom. The summed E-state index contributed by atoms with van der Waals surface area (Å²) in [7, 11) is 0. The smallest absolute Gasteiger partial charge is 0.328 e. The summed E-state index contributed by atoms with van der Waals surface area (Å²) in [5.74, 6) is -1.45. The molecule has 3 heterocycles. The molecule has 0 unspecified atom stereocenters. The second kappa shape index (κ2) is 14.5. The zero-order chi connectivity index (χ0) is 29.9. The van der Waals surface area contributed by atoms with Crippen LogP contribution in [0.3, 0.4) is 0 Å². The molecule has 2 atom stereocenters. The number of fused-ring (bicyclic) bond motifs is 1. The highest BCUT2D eigenvalue weighted by molar-refractivity contribution is 5.89. The maximum absolute atomic E-state index is 9.90. The molecule has 0 radical (unpaired) electrons. The molecule has 1 aromatic carbocycles. The van der Waals surface area contributed by atoms with Crippen molar-refractivity contribution in [2.75, 3.05) is 17.2 Å². The predicted octanol–water partition coefficient (Wildman–Crippen LogP) is 2.79. The van der Waals surface area contributed by atoms with Gasteiger partial charge in [-0.05, 0) is 30.5 Å². The first-order valence-electron chi connectivity index (χ1n) is 12.8. The molecule has 0 aliphatic rings. The van der Waals surface area contributed by atoms with E-state index in [2.05, 4.69) is 44.5 Å². The number of nitrogens with zero attached hydrogens (tertiary/aromatic N) is 5. The fraction of sp³-hybridized carbons (Fsp3) is 0.286. The Balaban J connectivity index is 0.000000507. The van der Waals surface area contributed by atoms with Crippen LogP contribution in [0.4, 0.5) is 11.9 Å². The molecule has 13 nitrogen and oxygen atoms in total. The lowest BCUT2D eigenvalue weighted by Gasteiger charge is -2.19. The van der Waals surface area contributed by atoms with Crippen molar-refractivity contribution in [3.63, 3.8) is 0 Å². The van der Waals surface area contributed by atoms with Gasteiger partial charge in [-0.15, -0.1) is 0 Å². The number of aliphatic hydroxyl groups is 2. The van der Waals surface area contributed by atoms with Gasteiger partial charge in [0.2, 0.25) is 11.9 Å². The van der Waals surface area contributed by atoms with Gasteiger partial charge in [-0.3, -0.25) is 4.98 Å². The predicted molar refractivity (Wildman–Crippen MR) is 152 cm³/mol. The molecule has 0 saturated heterocycles. The molecule has 4 rings (SSSR count).